The number of nitrogens with zero attached hydrogens (tertiary/aromatic N) is 3. The molecule has 1 amide bonds. The summed E-state index contributed by atoms with van der Waals surface area (Å²) >= 11 is 0. The van der Waals surface area contributed by atoms with Gasteiger partial charge in [-0.05, 0) is 24.5 Å². The van der Waals surface area contributed by atoms with Crippen molar-refractivity contribution in [2.45, 2.75) is 19.3 Å². The molecule has 23 heavy (non-hydrogen) atoms. The summed E-state index contributed by atoms with van der Waals surface area (Å²) in [5.41, 5.74) is 2.60. The van der Waals surface area contributed by atoms with Gasteiger partial charge in [0.05, 0.1) is 19.2 Å². The standard InChI is InChI=1S/C17H19N3O3/c1-20(23-2)17(22)16(21)11-15-10-14(18-12-19-15)9-8-13-6-4-3-5-7-13/h3-7,10,12H,8-9,11H2,1-2H3. The van der Waals surface area contributed by atoms with Gasteiger partial charge < -0.3 is 0 Å². The van der Waals surface area contributed by atoms with Gasteiger partial charge in [0, 0.05) is 12.7 Å². The first-order valence-corrected chi connectivity index (χ1v) is 7.29. The molecule has 6 nitrogen and oxygen atoms in total. The maximum absolute atomic E-state index is 11.9. The summed E-state index contributed by atoms with van der Waals surface area (Å²) in [6.45, 7) is 0. The van der Waals surface area contributed by atoms with E-state index in [4.69, 9.17) is 4.84 Å². The van der Waals surface area contributed by atoms with Crippen molar-refractivity contribution in [1.29, 1.82) is 0 Å². The zero-order valence-electron chi connectivity index (χ0n) is 13.2. The van der Waals surface area contributed by atoms with Crippen LogP contribution in [0.2, 0.25) is 0 Å². The molecule has 0 fully saturated rings. The van der Waals surface area contributed by atoms with E-state index in [1.807, 2.05) is 18.2 Å². The Hall–Kier alpha value is -2.60. The molecule has 0 radical (unpaired) electrons. The van der Waals surface area contributed by atoms with Gasteiger partial charge in [-0.15, -0.1) is 0 Å². The second-order valence-electron chi connectivity index (χ2n) is 5.07. The fraction of sp³-hybridized carbons (Fsp3) is 0.294. The number of aryl methyl sites for hydroxylation is 2. The Kier molecular flexibility index (Phi) is 5.94. The monoisotopic (exact) mass is 313 g/mol. The normalized spacial score (nSPS) is 10.3. The van der Waals surface area contributed by atoms with Crippen LogP contribution in [0.4, 0.5) is 0 Å². The van der Waals surface area contributed by atoms with E-state index in [0.29, 0.717) is 5.69 Å². The van der Waals surface area contributed by atoms with Gasteiger partial charge in [-0.25, -0.2) is 15.0 Å². The molecule has 6 heteroatoms. The minimum absolute atomic E-state index is 0.0621. The molecule has 0 N–H and O–H groups in total. The summed E-state index contributed by atoms with van der Waals surface area (Å²) in [6.07, 6.45) is 2.97. The molecule has 0 spiro atoms. The molecule has 0 unspecified atom stereocenters. The topological polar surface area (TPSA) is 72.4 Å². The van der Waals surface area contributed by atoms with Gasteiger partial charge in [0.1, 0.15) is 6.33 Å². The van der Waals surface area contributed by atoms with Crippen LogP contribution in [0.5, 0.6) is 0 Å². The molecule has 0 aliphatic heterocycles. The van der Waals surface area contributed by atoms with E-state index in [9.17, 15) is 9.59 Å². The number of hydrogen-bond donors (Lipinski definition) is 0. The molecule has 1 aromatic carbocycles. The number of rotatable bonds is 7. The molecule has 120 valence electrons. The third kappa shape index (κ3) is 4.96. The molecule has 0 bridgehead atoms. The van der Waals surface area contributed by atoms with Crippen molar-refractivity contribution in [2.75, 3.05) is 14.2 Å². The largest absolute Gasteiger partial charge is 0.313 e. The molecule has 1 aromatic heterocycles. The summed E-state index contributed by atoms with van der Waals surface area (Å²) in [7, 11) is 2.73. The van der Waals surface area contributed by atoms with E-state index in [1.54, 1.807) is 6.07 Å². The predicted molar refractivity (Wildman–Crippen MR) is 84.4 cm³/mol. The van der Waals surface area contributed by atoms with Crippen LogP contribution in [0.3, 0.4) is 0 Å². The molecular formula is C17H19N3O3. The fourth-order valence-corrected chi connectivity index (χ4v) is 2.09. The van der Waals surface area contributed by atoms with Crippen molar-refractivity contribution in [2.24, 2.45) is 0 Å². The van der Waals surface area contributed by atoms with Gasteiger partial charge in [-0.2, -0.15) is 0 Å². The number of hydroxylamine groups is 2. The summed E-state index contributed by atoms with van der Waals surface area (Å²) in [4.78, 5) is 36.5. The lowest BCUT2D eigenvalue weighted by molar-refractivity contribution is -0.172. The second-order valence-corrected chi connectivity index (χ2v) is 5.07. The lowest BCUT2D eigenvalue weighted by atomic mass is 10.1. The van der Waals surface area contributed by atoms with Gasteiger partial charge in [-0.1, -0.05) is 30.3 Å². The zero-order valence-corrected chi connectivity index (χ0v) is 13.2. The van der Waals surface area contributed by atoms with Crippen LogP contribution in [0, 0.1) is 0 Å². The maximum atomic E-state index is 11.9. The highest BCUT2D eigenvalue weighted by molar-refractivity contribution is 6.36. The number of carbonyl (C=O) groups is 2. The third-order valence-corrected chi connectivity index (χ3v) is 3.43. The van der Waals surface area contributed by atoms with Gasteiger partial charge in [0.15, 0.2) is 0 Å². The zero-order chi connectivity index (χ0) is 16.7. The van der Waals surface area contributed by atoms with Gasteiger partial charge >= 0.3 is 5.91 Å². The number of benzene rings is 1. The van der Waals surface area contributed by atoms with E-state index in [1.165, 1.54) is 26.0 Å². The predicted octanol–water partition coefficient (Wildman–Crippen LogP) is 1.39. The Morgan fingerprint density at radius 2 is 1.78 bits per heavy atom. The number of carbonyl (C=O) groups excluding carboxylic acids is 2. The van der Waals surface area contributed by atoms with Crippen LogP contribution in [-0.2, 0) is 33.7 Å². The number of likely N-dealkylation sites (N-methyl/N-ethyl adjacent to an activating group) is 1. The quantitative estimate of drug-likeness (QED) is 0.570. The van der Waals surface area contributed by atoms with Crippen molar-refractivity contribution < 1.29 is 14.4 Å². The summed E-state index contributed by atoms with van der Waals surface area (Å²) in [5.74, 6) is -1.26. The molecule has 2 rings (SSSR count). The molecule has 0 aliphatic rings. The molecule has 0 aliphatic carbocycles. The van der Waals surface area contributed by atoms with Crippen LogP contribution in [-0.4, -0.2) is 40.9 Å². The molecule has 0 saturated heterocycles. The molecule has 1 heterocycles. The van der Waals surface area contributed by atoms with Gasteiger partial charge in [-0.3, -0.25) is 14.4 Å². The summed E-state index contributed by atoms with van der Waals surface area (Å²) in [5, 5.41) is 0.903. The minimum Gasteiger partial charge on any atom is -0.288 e. The minimum atomic E-state index is -0.697. The second kappa shape index (κ2) is 8.14. The van der Waals surface area contributed by atoms with E-state index < -0.39 is 11.7 Å². The average molecular weight is 313 g/mol. The Morgan fingerprint density at radius 3 is 2.48 bits per heavy atom. The van der Waals surface area contributed by atoms with Crippen molar-refractivity contribution in [1.82, 2.24) is 15.0 Å². The first-order chi connectivity index (χ1) is 11.1. The van der Waals surface area contributed by atoms with Gasteiger partial charge in [0.25, 0.3) is 0 Å². The van der Waals surface area contributed by atoms with Crippen LogP contribution in [0.1, 0.15) is 17.0 Å². The van der Waals surface area contributed by atoms with Gasteiger partial charge in [0.2, 0.25) is 5.78 Å². The van der Waals surface area contributed by atoms with Crippen LogP contribution >= 0.6 is 0 Å². The molecule has 0 atom stereocenters. The third-order valence-electron chi connectivity index (χ3n) is 3.43. The molecule has 0 saturated carbocycles. The van der Waals surface area contributed by atoms with Crippen LogP contribution in [0.15, 0.2) is 42.7 Å². The van der Waals surface area contributed by atoms with Crippen LogP contribution < -0.4 is 0 Å². The Balaban J connectivity index is 1.97. The number of ketones is 1. The molecular weight excluding hydrogens is 294 g/mol. The van der Waals surface area contributed by atoms with Crippen molar-refractivity contribution in [3.63, 3.8) is 0 Å². The molecule has 2 aromatic rings. The summed E-state index contributed by atoms with van der Waals surface area (Å²) in [6, 6.07) is 11.9. The fourth-order valence-electron chi connectivity index (χ4n) is 2.09. The maximum Gasteiger partial charge on any atom is 0.313 e. The average Bonchev–Trinajstić information content (AvgIpc) is 2.59. The van der Waals surface area contributed by atoms with Crippen molar-refractivity contribution in [3.8, 4) is 0 Å². The first kappa shape index (κ1) is 16.8. The lowest BCUT2D eigenvalue weighted by Gasteiger charge is -2.12. The summed E-state index contributed by atoms with van der Waals surface area (Å²) < 4.78 is 0. The number of hydrogen-bond acceptors (Lipinski definition) is 5. The highest BCUT2D eigenvalue weighted by Gasteiger charge is 2.19. The number of amides is 1. The number of aromatic nitrogens is 2. The highest BCUT2D eigenvalue weighted by atomic mass is 16.7. The Bertz CT molecular complexity index is 674. The SMILES string of the molecule is CON(C)C(=O)C(=O)Cc1cc(CCc2ccccc2)ncn1. The van der Waals surface area contributed by atoms with E-state index in [-0.39, 0.29) is 6.42 Å². The van der Waals surface area contributed by atoms with Crippen molar-refractivity contribution in [3.05, 3.63) is 59.7 Å². The Morgan fingerprint density at radius 1 is 1.09 bits per heavy atom. The highest BCUT2D eigenvalue weighted by Crippen LogP contribution is 2.07. The number of Topliss-reactive ketones (excluding diaryl/α,β-unsaturated/α-hetero) is 1. The van der Waals surface area contributed by atoms with E-state index in [0.717, 1.165) is 23.6 Å². The van der Waals surface area contributed by atoms with E-state index in [2.05, 4.69) is 22.1 Å². The Labute approximate surface area is 135 Å². The van der Waals surface area contributed by atoms with Crippen molar-refractivity contribution >= 4 is 11.7 Å². The first-order valence-electron chi connectivity index (χ1n) is 7.29. The van der Waals surface area contributed by atoms with Crippen LogP contribution in [0.25, 0.3) is 0 Å². The lowest BCUT2D eigenvalue weighted by Crippen LogP contribution is -2.33. The van der Waals surface area contributed by atoms with E-state index >= 15 is 0 Å². The smallest absolute Gasteiger partial charge is 0.288 e.